The third-order valence-corrected chi connectivity index (χ3v) is 5.61. The molecule has 0 spiro atoms. The lowest BCUT2D eigenvalue weighted by atomic mass is 9.89. The highest BCUT2D eigenvalue weighted by atomic mass is 19.3. The van der Waals surface area contributed by atoms with E-state index in [9.17, 15) is 13.6 Å². The average molecular weight is 466 g/mol. The van der Waals surface area contributed by atoms with Crippen molar-refractivity contribution in [2.24, 2.45) is 0 Å². The van der Waals surface area contributed by atoms with Crippen molar-refractivity contribution in [2.45, 2.75) is 12.5 Å². The van der Waals surface area contributed by atoms with Crippen LogP contribution in [0, 0.1) is 0 Å². The van der Waals surface area contributed by atoms with E-state index in [1.54, 1.807) is 14.2 Å². The number of nitrogens with one attached hydrogen (secondary N) is 2. The fourth-order valence-electron chi connectivity index (χ4n) is 4.04. The van der Waals surface area contributed by atoms with Gasteiger partial charge in [0.2, 0.25) is 0 Å². The summed E-state index contributed by atoms with van der Waals surface area (Å²) in [7, 11) is 3.15. The van der Waals surface area contributed by atoms with Crippen LogP contribution in [-0.2, 0) is 0 Å². The number of ether oxygens (including phenoxy) is 3. The van der Waals surface area contributed by atoms with E-state index in [1.807, 2.05) is 48.7 Å². The molecule has 0 bridgehead atoms. The molecule has 8 heteroatoms. The molecule has 1 amide bonds. The van der Waals surface area contributed by atoms with Crippen molar-refractivity contribution in [2.75, 3.05) is 20.8 Å². The summed E-state index contributed by atoms with van der Waals surface area (Å²) < 4.78 is 40.3. The minimum Gasteiger partial charge on any atom is -0.493 e. The van der Waals surface area contributed by atoms with Gasteiger partial charge < -0.3 is 24.5 Å². The minimum atomic E-state index is -2.92. The van der Waals surface area contributed by atoms with Gasteiger partial charge >= 0.3 is 6.61 Å². The molecule has 0 radical (unpaired) electrons. The lowest BCUT2D eigenvalue weighted by Gasteiger charge is -2.22. The Labute approximate surface area is 195 Å². The maximum Gasteiger partial charge on any atom is 0.387 e. The number of amides is 1. The molecule has 0 aliphatic rings. The largest absolute Gasteiger partial charge is 0.493 e. The van der Waals surface area contributed by atoms with Gasteiger partial charge in [0, 0.05) is 40.7 Å². The number of alkyl halides is 2. The van der Waals surface area contributed by atoms with E-state index < -0.39 is 6.61 Å². The van der Waals surface area contributed by atoms with Crippen molar-refractivity contribution in [1.29, 1.82) is 0 Å². The summed E-state index contributed by atoms with van der Waals surface area (Å²) in [5.74, 6) is 0.569. The Balaban J connectivity index is 1.65. The molecular weight excluding hydrogens is 442 g/mol. The van der Waals surface area contributed by atoms with Gasteiger partial charge in [0.25, 0.3) is 5.91 Å². The van der Waals surface area contributed by atoms with Crippen LogP contribution in [0.5, 0.6) is 17.2 Å². The van der Waals surface area contributed by atoms with Gasteiger partial charge in [-0.25, -0.2) is 0 Å². The van der Waals surface area contributed by atoms with Gasteiger partial charge in [-0.05, 0) is 42.0 Å². The molecule has 0 saturated carbocycles. The molecule has 3 aromatic carbocycles. The van der Waals surface area contributed by atoms with Gasteiger partial charge in [-0.15, -0.1) is 0 Å². The van der Waals surface area contributed by atoms with Crippen molar-refractivity contribution < 1.29 is 27.8 Å². The molecule has 1 aromatic heterocycles. The second-order valence-electron chi connectivity index (χ2n) is 7.54. The number of fused-ring (bicyclic) bond motifs is 1. The number of benzene rings is 3. The van der Waals surface area contributed by atoms with Crippen LogP contribution in [0.3, 0.4) is 0 Å². The van der Waals surface area contributed by atoms with Crippen molar-refractivity contribution in [1.82, 2.24) is 10.3 Å². The number of rotatable bonds is 9. The number of para-hydroxylation sites is 2. The van der Waals surface area contributed by atoms with Gasteiger partial charge in [-0.1, -0.05) is 30.3 Å². The van der Waals surface area contributed by atoms with Gasteiger partial charge in [0.05, 0.1) is 14.2 Å². The van der Waals surface area contributed by atoms with Crippen LogP contribution in [0.15, 0.2) is 72.9 Å². The zero-order valence-corrected chi connectivity index (χ0v) is 18.7. The first-order valence-electron chi connectivity index (χ1n) is 10.6. The standard InChI is InChI=1S/C26H24F2N2O4/c1-32-23-9-5-7-19(24(23)33-2)21(20-14-29-22-8-4-3-6-18(20)22)15-30-25(31)16-10-12-17(13-11-16)34-26(27)28/h3-14,21,26,29H,15H2,1-2H3,(H,30,31). The first-order chi connectivity index (χ1) is 16.5. The first-order valence-corrected chi connectivity index (χ1v) is 10.6. The van der Waals surface area contributed by atoms with Gasteiger partial charge in [-0.2, -0.15) is 8.78 Å². The number of carbonyl (C=O) groups is 1. The van der Waals surface area contributed by atoms with E-state index in [4.69, 9.17) is 9.47 Å². The van der Waals surface area contributed by atoms with Crippen LogP contribution in [0.4, 0.5) is 8.78 Å². The van der Waals surface area contributed by atoms with Crippen molar-refractivity contribution in [3.8, 4) is 17.2 Å². The number of hydrogen-bond acceptors (Lipinski definition) is 4. The molecule has 2 N–H and O–H groups in total. The molecule has 1 unspecified atom stereocenters. The fraction of sp³-hybridized carbons (Fsp3) is 0.192. The van der Waals surface area contributed by atoms with Crippen LogP contribution in [0.1, 0.15) is 27.4 Å². The number of carbonyl (C=O) groups excluding carboxylic acids is 1. The summed E-state index contributed by atoms with van der Waals surface area (Å²) in [4.78, 5) is 16.1. The molecular formula is C26H24F2N2O4. The molecule has 0 aliphatic carbocycles. The Kier molecular flexibility index (Phi) is 6.96. The molecule has 0 fully saturated rings. The SMILES string of the molecule is COc1cccc(C(CNC(=O)c2ccc(OC(F)F)cc2)c2c[nH]c3ccccc23)c1OC. The number of aromatic nitrogens is 1. The van der Waals surface area contributed by atoms with E-state index >= 15 is 0 Å². The monoisotopic (exact) mass is 466 g/mol. The second-order valence-corrected chi connectivity index (χ2v) is 7.54. The normalized spacial score (nSPS) is 11.9. The molecule has 1 heterocycles. The Morgan fingerprint density at radius 1 is 0.941 bits per heavy atom. The van der Waals surface area contributed by atoms with E-state index in [0.29, 0.717) is 17.1 Å². The van der Waals surface area contributed by atoms with Gasteiger partial charge in [0.1, 0.15) is 5.75 Å². The zero-order chi connectivity index (χ0) is 24.1. The zero-order valence-electron chi connectivity index (χ0n) is 18.7. The van der Waals surface area contributed by atoms with E-state index in [-0.39, 0.29) is 24.1 Å². The first kappa shape index (κ1) is 23.1. The summed E-state index contributed by atoms with van der Waals surface area (Å²) in [5, 5.41) is 3.99. The van der Waals surface area contributed by atoms with E-state index in [1.165, 1.54) is 24.3 Å². The van der Waals surface area contributed by atoms with Gasteiger partial charge in [0.15, 0.2) is 11.5 Å². The number of H-pyrrole nitrogens is 1. The Morgan fingerprint density at radius 2 is 1.71 bits per heavy atom. The average Bonchev–Trinajstić information content (AvgIpc) is 3.28. The summed E-state index contributed by atoms with van der Waals surface area (Å²) in [6, 6.07) is 19.1. The Hall–Kier alpha value is -4.07. The fourth-order valence-corrected chi connectivity index (χ4v) is 4.04. The maximum absolute atomic E-state index is 12.9. The predicted molar refractivity (Wildman–Crippen MR) is 125 cm³/mol. The highest BCUT2D eigenvalue weighted by molar-refractivity contribution is 5.94. The van der Waals surface area contributed by atoms with Crippen molar-refractivity contribution in [3.63, 3.8) is 0 Å². The number of methoxy groups -OCH3 is 2. The van der Waals surface area contributed by atoms with Crippen LogP contribution in [0.25, 0.3) is 10.9 Å². The minimum absolute atomic E-state index is 0.00987. The molecule has 4 aromatic rings. The Bertz CT molecular complexity index is 1270. The Morgan fingerprint density at radius 3 is 2.41 bits per heavy atom. The lowest BCUT2D eigenvalue weighted by Crippen LogP contribution is -2.29. The number of aromatic amines is 1. The molecule has 4 rings (SSSR count). The molecule has 0 aliphatic heterocycles. The van der Waals surface area contributed by atoms with Crippen LogP contribution in [-0.4, -0.2) is 38.3 Å². The summed E-state index contributed by atoms with van der Waals surface area (Å²) >= 11 is 0. The third-order valence-electron chi connectivity index (χ3n) is 5.61. The van der Waals surface area contributed by atoms with E-state index in [0.717, 1.165) is 22.0 Å². The second kappa shape index (κ2) is 10.2. The molecule has 1 atom stereocenters. The highest BCUT2D eigenvalue weighted by Gasteiger charge is 2.24. The number of hydrogen-bond donors (Lipinski definition) is 2. The van der Waals surface area contributed by atoms with Crippen LogP contribution in [0.2, 0.25) is 0 Å². The topological polar surface area (TPSA) is 72.6 Å². The van der Waals surface area contributed by atoms with Crippen LogP contribution >= 0.6 is 0 Å². The predicted octanol–water partition coefficient (Wildman–Crippen LogP) is 5.35. The van der Waals surface area contributed by atoms with E-state index in [2.05, 4.69) is 15.0 Å². The highest BCUT2D eigenvalue weighted by Crippen LogP contribution is 2.40. The molecule has 6 nitrogen and oxygen atoms in total. The number of halogens is 2. The molecule has 0 saturated heterocycles. The summed E-state index contributed by atoms with van der Waals surface area (Å²) in [5.41, 5.74) is 3.15. The lowest BCUT2D eigenvalue weighted by molar-refractivity contribution is -0.0498. The quantitative estimate of drug-likeness (QED) is 0.349. The summed E-state index contributed by atoms with van der Waals surface area (Å²) in [6.45, 7) is -2.66. The molecule has 34 heavy (non-hydrogen) atoms. The molecule has 176 valence electrons. The third kappa shape index (κ3) is 4.80. The van der Waals surface area contributed by atoms with Crippen LogP contribution < -0.4 is 19.5 Å². The smallest absolute Gasteiger partial charge is 0.387 e. The van der Waals surface area contributed by atoms with Crippen molar-refractivity contribution in [3.05, 3.63) is 89.6 Å². The van der Waals surface area contributed by atoms with Crippen molar-refractivity contribution >= 4 is 16.8 Å². The maximum atomic E-state index is 12.9. The summed E-state index contributed by atoms with van der Waals surface area (Å²) in [6.07, 6.45) is 1.93. The van der Waals surface area contributed by atoms with Gasteiger partial charge in [-0.3, -0.25) is 4.79 Å².